The van der Waals surface area contributed by atoms with E-state index in [4.69, 9.17) is 4.74 Å². The van der Waals surface area contributed by atoms with Crippen LogP contribution in [-0.4, -0.2) is 49.3 Å². The number of likely N-dealkylation sites (tertiary alicyclic amines) is 1. The first-order chi connectivity index (χ1) is 9.69. The van der Waals surface area contributed by atoms with Crippen molar-refractivity contribution in [2.24, 2.45) is 0 Å². The number of hydrogen-bond donors (Lipinski definition) is 1. The van der Waals surface area contributed by atoms with Gasteiger partial charge in [0.2, 0.25) is 0 Å². The third-order valence-electron chi connectivity index (χ3n) is 5.61. The molecule has 2 atom stereocenters. The molecule has 0 aromatic rings. The summed E-state index contributed by atoms with van der Waals surface area (Å²) in [6.45, 7) is 7.92. The zero-order chi connectivity index (χ0) is 14.4. The summed E-state index contributed by atoms with van der Waals surface area (Å²) in [6, 6.07) is 1.47. The maximum absolute atomic E-state index is 6.06. The lowest BCUT2D eigenvalue weighted by Crippen LogP contribution is -2.47. The second kappa shape index (κ2) is 7.77. The number of piperidine rings is 1. The van der Waals surface area contributed by atoms with E-state index in [0.717, 1.165) is 25.5 Å². The van der Waals surface area contributed by atoms with Crippen LogP contribution >= 0.6 is 0 Å². The molecule has 2 unspecified atom stereocenters. The highest BCUT2D eigenvalue weighted by Crippen LogP contribution is 2.31. The lowest BCUT2D eigenvalue weighted by molar-refractivity contribution is -0.0930. The number of rotatable bonds is 6. The number of hydrogen-bond acceptors (Lipinski definition) is 3. The Labute approximate surface area is 125 Å². The summed E-state index contributed by atoms with van der Waals surface area (Å²) >= 11 is 0. The van der Waals surface area contributed by atoms with Crippen molar-refractivity contribution in [2.45, 2.75) is 82.9 Å². The maximum atomic E-state index is 6.06. The van der Waals surface area contributed by atoms with E-state index in [0.29, 0.717) is 6.04 Å². The summed E-state index contributed by atoms with van der Waals surface area (Å²) in [5.41, 5.74) is 0.150. The molecule has 2 aliphatic rings. The van der Waals surface area contributed by atoms with E-state index in [9.17, 15) is 0 Å². The molecule has 0 aromatic heterocycles. The lowest BCUT2D eigenvalue weighted by atomic mass is 9.86. The van der Waals surface area contributed by atoms with Crippen molar-refractivity contribution in [1.29, 1.82) is 0 Å². The fourth-order valence-corrected chi connectivity index (χ4v) is 3.91. The van der Waals surface area contributed by atoms with Gasteiger partial charge >= 0.3 is 0 Å². The average Bonchev–Trinajstić information content (AvgIpc) is 2.49. The average molecular weight is 282 g/mol. The van der Waals surface area contributed by atoms with Crippen LogP contribution in [0.5, 0.6) is 0 Å². The van der Waals surface area contributed by atoms with Crippen molar-refractivity contribution in [3.63, 3.8) is 0 Å². The summed E-state index contributed by atoms with van der Waals surface area (Å²) < 4.78 is 6.06. The first-order valence-electron chi connectivity index (χ1n) is 8.76. The first-order valence-corrected chi connectivity index (χ1v) is 8.76. The van der Waals surface area contributed by atoms with Crippen LogP contribution in [0.4, 0.5) is 0 Å². The molecule has 2 heterocycles. The largest absolute Gasteiger partial charge is 0.375 e. The molecule has 0 spiro atoms. The Kier molecular flexibility index (Phi) is 6.31. The Hall–Kier alpha value is -0.120. The van der Waals surface area contributed by atoms with Crippen LogP contribution in [0.1, 0.15) is 65.2 Å². The Morgan fingerprint density at radius 1 is 1.20 bits per heavy atom. The summed E-state index contributed by atoms with van der Waals surface area (Å²) in [5.74, 6) is 0. The minimum absolute atomic E-state index is 0.150. The van der Waals surface area contributed by atoms with Gasteiger partial charge in [0, 0.05) is 18.7 Å². The van der Waals surface area contributed by atoms with Gasteiger partial charge in [-0.1, -0.05) is 20.3 Å². The van der Waals surface area contributed by atoms with E-state index >= 15 is 0 Å². The molecule has 0 saturated carbocycles. The number of ether oxygens (including phenoxy) is 1. The Balaban J connectivity index is 1.71. The van der Waals surface area contributed by atoms with Gasteiger partial charge < -0.3 is 15.0 Å². The quantitative estimate of drug-likeness (QED) is 0.810. The topological polar surface area (TPSA) is 24.5 Å². The summed E-state index contributed by atoms with van der Waals surface area (Å²) in [6.07, 6.45) is 10.2. The fraction of sp³-hybridized carbons (Fsp3) is 1.00. The van der Waals surface area contributed by atoms with E-state index in [2.05, 4.69) is 31.1 Å². The minimum Gasteiger partial charge on any atom is -0.375 e. The van der Waals surface area contributed by atoms with Gasteiger partial charge in [-0.2, -0.15) is 0 Å². The highest BCUT2D eigenvalue weighted by atomic mass is 16.5. The molecule has 3 heteroatoms. The third-order valence-corrected chi connectivity index (χ3v) is 5.61. The van der Waals surface area contributed by atoms with Gasteiger partial charge in [0.15, 0.2) is 0 Å². The molecule has 2 aliphatic heterocycles. The van der Waals surface area contributed by atoms with Crippen LogP contribution < -0.4 is 5.32 Å². The number of nitrogens with zero attached hydrogens (tertiary/aromatic N) is 1. The van der Waals surface area contributed by atoms with Gasteiger partial charge in [-0.25, -0.2) is 0 Å². The molecule has 0 amide bonds. The van der Waals surface area contributed by atoms with Crippen LogP contribution in [0, 0.1) is 0 Å². The van der Waals surface area contributed by atoms with E-state index in [1.165, 1.54) is 51.6 Å². The molecular formula is C17H34N2O. The molecular weight excluding hydrogens is 248 g/mol. The van der Waals surface area contributed by atoms with Gasteiger partial charge in [-0.15, -0.1) is 0 Å². The molecule has 20 heavy (non-hydrogen) atoms. The van der Waals surface area contributed by atoms with Crippen molar-refractivity contribution in [3.8, 4) is 0 Å². The van der Waals surface area contributed by atoms with Crippen molar-refractivity contribution < 1.29 is 4.74 Å². The summed E-state index contributed by atoms with van der Waals surface area (Å²) in [5, 5.41) is 3.81. The monoisotopic (exact) mass is 282 g/mol. The highest BCUT2D eigenvalue weighted by molar-refractivity contribution is 4.88. The molecule has 3 nitrogen and oxygen atoms in total. The zero-order valence-electron chi connectivity index (χ0n) is 13.8. The van der Waals surface area contributed by atoms with Crippen molar-refractivity contribution in [3.05, 3.63) is 0 Å². The van der Waals surface area contributed by atoms with Gasteiger partial charge in [0.25, 0.3) is 0 Å². The van der Waals surface area contributed by atoms with Crippen LogP contribution in [0.3, 0.4) is 0 Å². The van der Waals surface area contributed by atoms with Crippen molar-refractivity contribution in [1.82, 2.24) is 10.2 Å². The second-order valence-corrected chi connectivity index (χ2v) is 6.80. The van der Waals surface area contributed by atoms with E-state index < -0.39 is 0 Å². The molecule has 0 bridgehead atoms. The fourth-order valence-electron chi connectivity index (χ4n) is 3.91. The van der Waals surface area contributed by atoms with Crippen molar-refractivity contribution >= 4 is 0 Å². The standard InChI is InChI=1S/C17H34N2O/c1-4-17(5-2)14-15(10-13-20-17)18-11-9-16-8-6-7-12-19(16)3/h15-16,18H,4-14H2,1-3H3. The van der Waals surface area contributed by atoms with Gasteiger partial charge in [-0.3, -0.25) is 0 Å². The van der Waals surface area contributed by atoms with Crippen LogP contribution in [0.15, 0.2) is 0 Å². The summed E-state index contributed by atoms with van der Waals surface area (Å²) in [4.78, 5) is 2.55. The molecule has 1 N–H and O–H groups in total. The van der Waals surface area contributed by atoms with Gasteiger partial charge in [0.1, 0.15) is 0 Å². The Bertz CT molecular complexity index is 278. The lowest BCUT2D eigenvalue weighted by Gasteiger charge is -2.40. The Morgan fingerprint density at radius 2 is 2.00 bits per heavy atom. The molecule has 118 valence electrons. The van der Waals surface area contributed by atoms with Crippen LogP contribution in [-0.2, 0) is 4.74 Å². The van der Waals surface area contributed by atoms with Crippen LogP contribution in [0.2, 0.25) is 0 Å². The maximum Gasteiger partial charge on any atom is 0.0692 e. The molecule has 2 fully saturated rings. The second-order valence-electron chi connectivity index (χ2n) is 6.80. The summed E-state index contributed by atoms with van der Waals surface area (Å²) in [7, 11) is 2.29. The normalized spacial score (nSPS) is 31.4. The van der Waals surface area contributed by atoms with E-state index in [1.807, 2.05) is 0 Å². The first kappa shape index (κ1) is 16.3. The van der Waals surface area contributed by atoms with Gasteiger partial charge in [0.05, 0.1) is 5.60 Å². The number of nitrogens with one attached hydrogen (secondary N) is 1. The molecule has 0 aromatic carbocycles. The zero-order valence-corrected chi connectivity index (χ0v) is 13.8. The van der Waals surface area contributed by atoms with Gasteiger partial charge in [-0.05, 0) is 65.1 Å². The highest BCUT2D eigenvalue weighted by Gasteiger charge is 2.34. The smallest absolute Gasteiger partial charge is 0.0692 e. The molecule has 2 saturated heterocycles. The van der Waals surface area contributed by atoms with Crippen LogP contribution in [0.25, 0.3) is 0 Å². The predicted molar refractivity (Wildman–Crippen MR) is 85.2 cm³/mol. The molecule has 0 radical (unpaired) electrons. The van der Waals surface area contributed by atoms with E-state index in [1.54, 1.807) is 0 Å². The van der Waals surface area contributed by atoms with E-state index in [-0.39, 0.29) is 5.60 Å². The minimum atomic E-state index is 0.150. The predicted octanol–water partition coefficient (Wildman–Crippen LogP) is 3.19. The molecule has 0 aliphatic carbocycles. The molecule has 2 rings (SSSR count). The Morgan fingerprint density at radius 3 is 2.70 bits per heavy atom. The SMILES string of the molecule is CCC1(CC)CC(NCCC2CCCCN2C)CCO1. The third kappa shape index (κ3) is 4.19. The van der Waals surface area contributed by atoms with Crippen molar-refractivity contribution in [2.75, 3.05) is 26.7 Å².